The number of nitrogens with two attached hydrogens (primary N) is 1. The van der Waals surface area contributed by atoms with Crippen LogP contribution in [0.2, 0.25) is 0 Å². The maximum atomic E-state index is 5.80. The van der Waals surface area contributed by atoms with Gasteiger partial charge < -0.3 is 14.7 Å². The van der Waals surface area contributed by atoms with E-state index in [-0.39, 0.29) is 17.8 Å². The van der Waals surface area contributed by atoms with Crippen LogP contribution in [0.15, 0.2) is 27.3 Å². The van der Waals surface area contributed by atoms with E-state index in [1.165, 1.54) is 0 Å². The first-order valence-electron chi connectivity index (χ1n) is 6.47. The minimum Gasteiger partial charge on any atom is -0.461 e. The van der Waals surface area contributed by atoms with Gasteiger partial charge in [-0.3, -0.25) is 4.90 Å². The van der Waals surface area contributed by atoms with Crippen molar-refractivity contribution in [2.75, 3.05) is 19.6 Å². The van der Waals surface area contributed by atoms with Gasteiger partial charge in [-0.15, -0.1) is 12.4 Å². The highest BCUT2D eigenvalue weighted by Gasteiger charge is 2.33. The molecule has 1 saturated heterocycles. The van der Waals surface area contributed by atoms with Crippen molar-refractivity contribution >= 4 is 12.4 Å². The Kier molecular flexibility index (Phi) is 4.47. The van der Waals surface area contributed by atoms with Crippen molar-refractivity contribution in [1.82, 2.24) is 15.0 Å². The molecule has 20 heavy (non-hydrogen) atoms. The van der Waals surface area contributed by atoms with E-state index in [1.54, 1.807) is 12.3 Å². The molecule has 1 atom stereocenters. The first kappa shape index (κ1) is 15.0. The molecular formula is C13H19ClN4O2. The fraction of sp³-hybridized carbons (Fsp3) is 0.538. The molecule has 0 spiro atoms. The van der Waals surface area contributed by atoms with E-state index < -0.39 is 0 Å². The molecule has 0 aliphatic carbocycles. The second-order valence-corrected chi connectivity index (χ2v) is 5.46. The zero-order valence-electron chi connectivity index (χ0n) is 11.4. The molecule has 2 aromatic rings. The van der Waals surface area contributed by atoms with Gasteiger partial charge in [-0.25, -0.2) is 0 Å². The van der Waals surface area contributed by atoms with Crippen LogP contribution >= 0.6 is 12.4 Å². The molecule has 2 aromatic heterocycles. The van der Waals surface area contributed by atoms with Crippen LogP contribution in [-0.2, 0) is 6.54 Å². The normalized spacial score (nSPS) is 22.9. The summed E-state index contributed by atoms with van der Waals surface area (Å²) in [7, 11) is 0. The quantitative estimate of drug-likeness (QED) is 0.929. The van der Waals surface area contributed by atoms with Crippen molar-refractivity contribution in [2.45, 2.75) is 19.9 Å². The second-order valence-electron chi connectivity index (χ2n) is 5.46. The summed E-state index contributed by atoms with van der Waals surface area (Å²) < 4.78 is 10.5. The van der Waals surface area contributed by atoms with Gasteiger partial charge in [0.2, 0.25) is 11.7 Å². The monoisotopic (exact) mass is 298 g/mol. The zero-order chi connectivity index (χ0) is 13.3. The molecule has 1 fully saturated rings. The number of rotatable bonds is 4. The molecule has 3 rings (SSSR count). The maximum Gasteiger partial charge on any atom is 0.241 e. The van der Waals surface area contributed by atoms with Crippen LogP contribution in [0.25, 0.3) is 11.6 Å². The van der Waals surface area contributed by atoms with E-state index in [1.807, 2.05) is 6.07 Å². The molecule has 0 saturated carbocycles. The molecule has 6 nitrogen and oxygen atoms in total. The number of hydrogen-bond acceptors (Lipinski definition) is 6. The summed E-state index contributed by atoms with van der Waals surface area (Å²) in [6.45, 7) is 5.59. The van der Waals surface area contributed by atoms with Crippen molar-refractivity contribution in [2.24, 2.45) is 11.1 Å². The number of aromatic nitrogens is 2. The SMILES string of the molecule is CC1(CN)CCN(Cc2nc(-c3ccco3)no2)C1.Cl. The molecule has 0 amide bonds. The lowest BCUT2D eigenvalue weighted by molar-refractivity contribution is 0.239. The second kappa shape index (κ2) is 5.95. The van der Waals surface area contributed by atoms with E-state index in [2.05, 4.69) is 22.0 Å². The summed E-state index contributed by atoms with van der Waals surface area (Å²) in [6, 6.07) is 3.62. The molecule has 2 N–H and O–H groups in total. The van der Waals surface area contributed by atoms with Crippen LogP contribution in [0.3, 0.4) is 0 Å². The van der Waals surface area contributed by atoms with Crippen molar-refractivity contribution in [3.05, 3.63) is 24.3 Å². The predicted molar refractivity (Wildman–Crippen MR) is 76.3 cm³/mol. The average Bonchev–Trinajstić information content (AvgIpc) is 3.11. The van der Waals surface area contributed by atoms with Crippen LogP contribution < -0.4 is 5.73 Å². The molecule has 0 bridgehead atoms. The van der Waals surface area contributed by atoms with Crippen LogP contribution in [0.1, 0.15) is 19.2 Å². The Labute approximate surface area is 123 Å². The van der Waals surface area contributed by atoms with Gasteiger partial charge in [-0.2, -0.15) is 4.98 Å². The largest absolute Gasteiger partial charge is 0.461 e. The lowest BCUT2D eigenvalue weighted by Crippen LogP contribution is -2.31. The number of halogens is 1. The molecule has 1 unspecified atom stereocenters. The van der Waals surface area contributed by atoms with Crippen molar-refractivity contribution in [3.8, 4) is 11.6 Å². The number of likely N-dealkylation sites (tertiary alicyclic amines) is 1. The minimum absolute atomic E-state index is 0. The third kappa shape index (κ3) is 3.03. The Morgan fingerprint density at radius 1 is 1.50 bits per heavy atom. The molecule has 1 aliphatic heterocycles. The Balaban J connectivity index is 0.00000147. The molecule has 1 aliphatic rings. The summed E-state index contributed by atoms with van der Waals surface area (Å²) in [5.74, 6) is 1.75. The van der Waals surface area contributed by atoms with Crippen LogP contribution in [-0.4, -0.2) is 34.7 Å². The van der Waals surface area contributed by atoms with Gasteiger partial charge in [0.05, 0.1) is 12.8 Å². The first-order valence-corrected chi connectivity index (χ1v) is 6.47. The van der Waals surface area contributed by atoms with Gasteiger partial charge >= 0.3 is 0 Å². The molecular weight excluding hydrogens is 280 g/mol. The predicted octanol–water partition coefficient (Wildman–Crippen LogP) is 1.92. The topological polar surface area (TPSA) is 81.3 Å². The Bertz CT molecular complexity index is 542. The highest BCUT2D eigenvalue weighted by atomic mass is 35.5. The van der Waals surface area contributed by atoms with Crippen LogP contribution in [0.5, 0.6) is 0 Å². The van der Waals surface area contributed by atoms with Gasteiger partial charge in [-0.05, 0) is 37.1 Å². The van der Waals surface area contributed by atoms with Crippen molar-refractivity contribution in [3.63, 3.8) is 0 Å². The van der Waals surface area contributed by atoms with E-state index in [0.717, 1.165) is 19.5 Å². The Morgan fingerprint density at radius 3 is 3.00 bits per heavy atom. The summed E-state index contributed by atoms with van der Waals surface area (Å²) in [5.41, 5.74) is 6.01. The van der Waals surface area contributed by atoms with E-state index >= 15 is 0 Å². The zero-order valence-corrected chi connectivity index (χ0v) is 12.2. The fourth-order valence-corrected chi connectivity index (χ4v) is 2.44. The summed E-state index contributed by atoms with van der Waals surface area (Å²) >= 11 is 0. The average molecular weight is 299 g/mol. The van der Waals surface area contributed by atoms with Crippen LogP contribution in [0.4, 0.5) is 0 Å². The molecule has 110 valence electrons. The standard InChI is InChI=1S/C13H18N4O2.ClH/c1-13(8-14)4-5-17(9-13)7-11-15-12(16-19-11)10-3-2-6-18-10;/h2-3,6H,4-5,7-9,14H2,1H3;1H. The number of hydrogen-bond donors (Lipinski definition) is 1. The smallest absolute Gasteiger partial charge is 0.241 e. The third-order valence-corrected chi connectivity index (χ3v) is 3.70. The van der Waals surface area contributed by atoms with Gasteiger partial charge in [-0.1, -0.05) is 12.1 Å². The van der Waals surface area contributed by atoms with E-state index in [0.29, 0.717) is 30.6 Å². The maximum absolute atomic E-state index is 5.80. The minimum atomic E-state index is 0. The highest BCUT2D eigenvalue weighted by molar-refractivity contribution is 5.85. The lowest BCUT2D eigenvalue weighted by atomic mass is 9.90. The highest BCUT2D eigenvalue weighted by Crippen LogP contribution is 2.29. The number of nitrogens with zero attached hydrogens (tertiary/aromatic N) is 3. The van der Waals surface area contributed by atoms with Gasteiger partial charge in [0.15, 0.2) is 5.76 Å². The van der Waals surface area contributed by atoms with Crippen molar-refractivity contribution < 1.29 is 8.94 Å². The van der Waals surface area contributed by atoms with E-state index in [4.69, 9.17) is 14.7 Å². The summed E-state index contributed by atoms with van der Waals surface area (Å²) in [4.78, 5) is 6.64. The summed E-state index contributed by atoms with van der Waals surface area (Å²) in [5, 5.41) is 3.93. The fourth-order valence-electron chi connectivity index (χ4n) is 2.44. The van der Waals surface area contributed by atoms with Gasteiger partial charge in [0.1, 0.15) is 0 Å². The third-order valence-electron chi connectivity index (χ3n) is 3.70. The van der Waals surface area contributed by atoms with Gasteiger partial charge in [0.25, 0.3) is 0 Å². The van der Waals surface area contributed by atoms with Crippen molar-refractivity contribution in [1.29, 1.82) is 0 Å². The van der Waals surface area contributed by atoms with E-state index in [9.17, 15) is 0 Å². The summed E-state index contributed by atoms with van der Waals surface area (Å²) in [6.07, 6.45) is 2.71. The molecule has 0 radical (unpaired) electrons. The molecule has 7 heteroatoms. The lowest BCUT2D eigenvalue weighted by Gasteiger charge is -2.21. The Hall–Kier alpha value is -1.37. The number of furan rings is 1. The van der Waals surface area contributed by atoms with Gasteiger partial charge in [0, 0.05) is 6.54 Å². The first-order chi connectivity index (χ1) is 9.18. The Morgan fingerprint density at radius 2 is 2.35 bits per heavy atom. The molecule has 3 heterocycles. The molecule has 0 aromatic carbocycles. The van der Waals surface area contributed by atoms with Crippen LogP contribution in [0, 0.1) is 5.41 Å².